The average Bonchev–Trinajstić information content (AvgIpc) is 2.35. The quantitative estimate of drug-likeness (QED) is 0.806. The summed E-state index contributed by atoms with van der Waals surface area (Å²) in [6.07, 6.45) is -0.559. The van der Waals surface area contributed by atoms with Crippen LogP contribution in [0.15, 0.2) is 18.2 Å². The molecule has 1 atom stereocenters. The van der Waals surface area contributed by atoms with Crippen LogP contribution in [0, 0.1) is 0 Å². The fourth-order valence-corrected chi connectivity index (χ4v) is 1.53. The highest BCUT2D eigenvalue weighted by atomic mass is 16.6. The van der Waals surface area contributed by atoms with Crippen molar-refractivity contribution in [3.05, 3.63) is 23.8 Å². The Balaban J connectivity index is 2.08. The van der Waals surface area contributed by atoms with E-state index in [-0.39, 0.29) is 12.5 Å². The lowest BCUT2D eigenvalue weighted by molar-refractivity contribution is 0.0923. The zero-order valence-corrected chi connectivity index (χ0v) is 9.60. The lowest BCUT2D eigenvalue weighted by Gasteiger charge is -2.18. The molecule has 5 heteroatoms. The van der Waals surface area contributed by atoms with E-state index in [1.165, 1.54) is 0 Å². The minimum absolute atomic E-state index is 0.229. The van der Waals surface area contributed by atoms with E-state index in [9.17, 15) is 4.79 Å². The van der Waals surface area contributed by atoms with E-state index >= 15 is 0 Å². The number of amides is 1. The molecule has 0 saturated carbocycles. The SMILES string of the molecule is CC(O)CNC(=O)c1ccc2c(c1)OCCO2. The second kappa shape index (κ2) is 5.05. The van der Waals surface area contributed by atoms with Crippen molar-refractivity contribution in [1.29, 1.82) is 0 Å². The molecule has 0 spiro atoms. The maximum absolute atomic E-state index is 11.7. The van der Waals surface area contributed by atoms with E-state index in [4.69, 9.17) is 14.6 Å². The molecule has 2 rings (SSSR count). The molecular weight excluding hydrogens is 222 g/mol. The Hall–Kier alpha value is -1.75. The molecule has 1 aliphatic rings. The third kappa shape index (κ3) is 2.88. The number of aliphatic hydroxyl groups is 1. The summed E-state index contributed by atoms with van der Waals surface area (Å²) in [6, 6.07) is 5.03. The number of hydrogen-bond donors (Lipinski definition) is 2. The van der Waals surface area contributed by atoms with Crippen molar-refractivity contribution in [2.75, 3.05) is 19.8 Å². The Bertz CT molecular complexity index is 417. The molecule has 1 aromatic rings. The van der Waals surface area contributed by atoms with Crippen molar-refractivity contribution in [2.24, 2.45) is 0 Å². The zero-order valence-electron chi connectivity index (χ0n) is 9.60. The summed E-state index contributed by atoms with van der Waals surface area (Å²) in [5.41, 5.74) is 0.495. The fourth-order valence-electron chi connectivity index (χ4n) is 1.53. The molecule has 1 amide bonds. The smallest absolute Gasteiger partial charge is 0.251 e. The number of hydrogen-bond acceptors (Lipinski definition) is 4. The molecule has 17 heavy (non-hydrogen) atoms. The maximum atomic E-state index is 11.7. The van der Waals surface area contributed by atoms with Crippen LogP contribution in [0.2, 0.25) is 0 Å². The van der Waals surface area contributed by atoms with E-state index in [0.29, 0.717) is 30.3 Å². The van der Waals surface area contributed by atoms with Gasteiger partial charge in [0.25, 0.3) is 5.91 Å². The Morgan fingerprint density at radius 1 is 1.41 bits per heavy atom. The van der Waals surface area contributed by atoms with Gasteiger partial charge in [-0.15, -0.1) is 0 Å². The van der Waals surface area contributed by atoms with Crippen molar-refractivity contribution in [1.82, 2.24) is 5.32 Å². The molecule has 0 fully saturated rings. The van der Waals surface area contributed by atoms with Gasteiger partial charge < -0.3 is 19.9 Å². The van der Waals surface area contributed by atoms with Crippen LogP contribution in [0.3, 0.4) is 0 Å². The first-order chi connectivity index (χ1) is 8.16. The predicted octanol–water partition coefficient (Wildman–Crippen LogP) is 0.568. The summed E-state index contributed by atoms with van der Waals surface area (Å²) >= 11 is 0. The molecule has 0 bridgehead atoms. The lowest BCUT2D eigenvalue weighted by atomic mass is 10.2. The van der Waals surface area contributed by atoms with Crippen LogP contribution in [-0.2, 0) is 0 Å². The second-order valence-electron chi connectivity index (χ2n) is 3.92. The summed E-state index contributed by atoms with van der Waals surface area (Å²) in [5, 5.41) is 11.7. The van der Waals surface area contributed by atoms with Gasteiger partial charge in [-0.3, -0.25) is 4.79 Å². The number of aliphatic hydroxyl groups excluding tert-OH is 1. The summed E-state index contributed by atoms with van der Waals surface area (Å²) in [6.45, 7) is 2.86. The molecule has 0 radical (unpaired) electrons. The number of fused-ring (bicyclic) bond motifs is 1. The number of carbonyl (C=O) groups is 1. The molecule has 5 nitrogen and oxygen atoms in total. The van der Waals surface area contributed by atoms with Crippen molar-refractivity contribution >= 4 is 5.91 Å². The van der Waals surface area contributed by atoms with Gasteiger partial charge in [0.2, 0.25) is 0 Å². The first kappa shape index (κ1) is 11.7. The molecule has 1 aromatic carbocycles. The monoisotopic (exact) mass is 237 g/mol. The van der Waals surface area contributed by atoms with E-state index in [2.05, 4.69) is 5.32 Å². The van der Waals surface area contributed by atoms with Crippen molar-refractivity contribution in [3.8, 4) is 11.5 Å². The fraction of sp³-hybridized carbons (Fsp3) is 0.417. The van der Waals surface area contributed by atoms with Gasteiger partial charge in [0.15, 0.2) is 11.5 Å². The van der Waals surface area contributed by atoms with Gasteiger partial charge >= 0.3 is 0 Å². The first-order valence-electron chi connectivity index (χ1n) is 5.53. The highest BCUT2D eigenvalue weighted by molar-refractivity contribution is 5.94. The van der Waals surface area contributed by atoms with Crippen LogP contribution in [0.4, 0.5) is 0 Å². The van der Waals surface area contributed by atoms with E-state index in [1.54, 1.807) is 25.1 Å². The Morgan fingerprint density at radius 3 is 2.82 bits per heavy atom. The van der Waals surface area contributed by atoms with Gasteiger partial charge in [0.1, 0.15) is 13.2 Å². The van der Waals surface area contributed by atoms with Gasteiger partial charge in [0, 0.05) is 12.1 Å². The Labute approximate surface area is 99.3 Å². The van der Waals surface area contributed by atoms with Crippen LogP contribution >= 0.6 is 0 Å². The Kier molecular flexibility index (Phi) is 3.49. The largest absolute Gasteiger partial charge is 0.486 e. The third-order valence-electron chi connectivity index (χ3n) is 2.36. The van der Waals surface area contributed by atoms with Crippen LogP contribution < -0.4 is 14.8 Å². The molecule has 1 unspecified atom stereocenters. The minimum Gasteiger partial charge on any atom is -0.486 e. The summed E-state index contributed by atoms with van der Waals surface area (Å²) in [5.74, 6) is 1.01. The second-order valence-corrected chi connectivity index (χ2v) is 3.92. The van der Waals surface area contributed by atoms with E-state index in [1.807, 2.05) is 0 Å². The first-order valence-corrected chi connectivity index (χ1v) is 5.53. The summed E-state index contributed by atoms with van der Waals surface area (Å²) in [4.78, 5) is 11.7. The molecule has 0 aromatic heterocycles. The topological polar surface area (TPSA) is 67.8 Å². The van der Waals surface area contributed by atoms with Gasteiger partial charge in [-0.25, -0.2) is 0 Å². The highest BCUT2D eigenvalue weighted by Gasteiger charge is 2.14. The zero-order chi connectivity index (χ0) is 12.3. The number of rotatable bonds is 3. The Morgan fingerprint density at radius 2 is 2.12 bits per heavy atom. The van der Waals surface area contributed by atoms with Crippen LogP contribution in [0.5, 0.6) is 11.5 Å². The minimum atomic E-state index is -0.559. The molecule has 92 valence electrons. The number of benzene rings is 1. The molecule has 0 aliphatic carbocycles. The van der Waals surface area contributed by atoms with Crippen molar-refractivity contribution in [3.63, 3.8) is 0 Å². The number of carbonyl (C=O) groups excluding carboxylic acids is 1. The standard InChI is InChI=1S/C12H15NO4/c1-8(14)7-13-12(15)9-2-3-10-11(6-9)17-5-4-16-10/h2-3,6,8,14H,4-5,7H2,1H3,(H,13,15). The van der Waals surface area contributed by atoms with Gasteiger partial charge in [-0.2, -0.15) is 0 Å². The van der Waals surface area contributed by atoms with Crippen molar-refractivity contribution < 1.29 is 19.4 Å². The summed E-state index contributed by atoms with van der Waals surface area (Å²) in [7, 11) is 0. The van der Waals surface area contributed by atoms with Crippen LogP contribution in [0.25, 0.3) is 0 Å². The molecule has 0 saturated heterocycles. The van der Waals surface area contributed by atoms with Crippen LogP contribution in [0.1, 0.15) is 17.3 Å². The number of nitrogens with one attached hydrogen (secondary N) is 1. The third-order valence-corrected chi connectivity index (χ3v) is 2.36. The predicted molar refractivity (Wildman–Crippen MR) is 61.4 cm³/mol. The number of ether oxygens (including phenoxy) is 2. The van der Waals surface area contributed by atoms with E-state index < -0.39 is 6.10 Å². The molecule has 2 N–H and O–H groups in total. The summed E-state index contributed by atoms with van der Waals surface area (Å²) < 4.78 is 10.7. The molecule has 1 aliphatic heterocycles. The molecular formula is C12H15NO4. The van der Waals surface area contributed by atoms with Gasteiger partial charge in [-0.1, -0.05) is 0 Å². The van der Waals surface area contributed by atoms with Crippen molar-refractivity contribution in [2.45, 2.75) is 13.0 Å². The van der Waals surface area contributed by atoms with E-state index in [0.717, 1.165) is 0 Å². The van der Waals surface area contributed by atoms with Crippen LogP contribution in [-0.4, -0.2) is 36.9 Å². The lowest BCUT2D eigenvalue weighted by Crippen LogP contribution is -2.30. The maximum Gasteiger partial charge on any atom is 0.251 e. The average molecular weight is 237 g/mol. The van der Waals surface area contributed by atoms with Gasteiger partial charge in [0.05, 0.1) is 6.10 Å². The van der Waals surface area contributed by atoms with Gasteiger partial charge in [-0.05, 0) is 25.1 Å². The molecule has 1 heterocycles. The normalized spacial score (nSPS) is 15.2. The highest BCUT2D eigenvalue weighted by Crippen LogP contribution is 2.30.